The number of piperidine rings is 1. The summed E-state index contributed by atoms with van der Waals surface area (Å²) in [4.78, 5) is 4.79. The van der Waals surface area contributed by atoms with Gasteiger partial charge in [0.2, 0.25) is 0 Å². The van der Waals surface area contributed by atoms with Crippen molar-refractivity contribution in [3.63, 3.8) is 0 Å². The summed E-state index contributed by atoms with van der Waals surface area (Å²) >= 11 is 0. The van der Waals surface area contributed by atoms with Crippen LogP contribution in [-0.2, 0) is 11.3 Å². The first-order chi connectivity index (χ1) is 13.7. The molecule has 3 aliphatic heterocycles. The molecule has 0 aliphatic carbocycles. The molecule has 0 aromatic heterocycles. The van der Waals surface area contributed by atoms with Gasteiger partial charge >= 0.3 is 0 Å². The smallest absolute Gasteiger partial charge is 0.161 e. The van der Waals surface area contributed by atoms with Crippen LogP contribution in [0.4, 0.5) is 0 Å². The minimum atomic E-state index is -0.475. The van der Waals surface area contributed by atoms with Crippen LogP contribution in [0.5, 0.6) is 11.5 Å². The number of ether oxygens (including phenoxy) is 3. The zero-order chi connectivity index (χ0) is 19.4. The van der Waals surface area contributed by atoms with Gasteiger partial charge in [0.05, 0.1) is 19.3 Å². The molecule has 0 bridgehead atoms. The Bertz CT molecular complexity index is 633. The summed E-state index contributed by atoms with van der Waals surface area (Å²) in [5, 5.41) is 10.2. The van der Waals surface area contributed by atoms with E-state index in [0.29, 0.717) is 18.9 Å². The molecule has 1 spiro atoms. The SMILES string of the molecule is COc1cc(CN2CCC3(CCO3)CC2)ccc1OC[C@H](O)CN1CCCC1. The van der Waals surface area contributed by atoms with E-state index in [0.717, 1.165) is 57.9 Å². The molecule has 156 valence electrons. The summed E-state index contributed by atoms with van der Waals surface area (Å²) in [5.41, 5.74) is 1.43. The van der Waals surface area contributed by atoms with Crippen LogP contribution in [0, 0.1) is 0 Å². The molecule has 0 unspecified atom stereocenters. The van der Waals surface area contributed by atoms with Crippen LogP contribution in [0.15, 0.2) is 18.2 Å². The predicted molar refractivity (Wildman–Crippen MR) is 108 cm³/mol. The second-order valence-corrected chi connectivity index (χ2v) is 8.52. The van der Waals surface area contributed by atoms with Gasteiger partial charge in [0.25, 0.3) is 0 Å². The first-order valence-corrected chi connectivity index (χ1v) is 10.7. The molecular weight excluding hydrogens is 356 g/mol. The maximum absolute atomic E-state index is 10.2. The monoisotopic (exact) mass is 390 g/mol. The number of β-amino-alcohol motifs (C(OH)–C–C–N with tert-alkyl or cyclic N) is 1. The van der Waals surface area contributed by atoms with E-state index in [1.165, 1.54) is 24.8 Å². The highest BCUT2D eigenvalue weighted by Crippen LogP contribution is 2.37. The molecule has 0 amide bonds. The Labute approximate surface area is 168 Å². The molecule has 0 radical (unpaired) electrons. The third-order valence-electron chi connectivity index (χ3n) is 6.47. The standard InChI is InChI=1S/C22H34N2O4/c1-26-21-14-18(15-24-11-6-22(7-12-24)8-13-28-22)4-5-20(21)27-17-19(25)16-23-9-2-3-10-23/h4-5,14,19,25H,2-3,6-13,15-17H2,1H3/t19-/m1/s1. The summed E-state index contributed by atoms with van der Waals surface area (Å²) in [7, 11) is 1.67. The van der Waals surface area contributed by atoms with Crippen LogP contribution in [0.25, 0.3) is 0 Å². The normalized spacial score (nSPS) is 23.5. The molecule has 3 aliphatic rings. The third-order valence-corrected chi connectivity index (χ3v) is 6.47. The van der Waals surface area contributed by atoms with Gasteiger partial charge in [-0.25, -0.2) is 0 Å². The van der Waals surface area contributed by atoms with Crippen LogP contribution in [0.2, 0.25) is 0 Å². The van der Waals surface area contributed by atoms with Crippen molar-refractivity contribution in [2.75, 3.05) is 53.0 Å². The topological polar surface area (TPSA) is 54.4 Å². The fourth-order valence-electron chi connectivity index (χ4n) is 4.59. The first kappa shape index (κ1) is 20.0. The molecule has 3 heterocycles. The Kier molecular flexibility index (Phi) is 6.41. The van der Waals surface area contributed by atoms with Gasteiger partial charge < -0.3 is 24.2 Å². The van der Waals surface area contributed by atoms with E-state index in [2.05, 4.69) is 21.9 Å². The summed E-state index contributed by atoms with van der Waals surface area (Å²) < 4.78 is 17.2. The van der Waals surface area contributed by atoms with Crippen molar-refractivity contribution in [2.45, 2.75) is 50.4 Å². The molecule has 6 heteroatoms. The summed E-state index contributed by atoms with van der Waals surface area (Å²) in [6, 6.07) is 6.14. The Hall–Kier alpha value is -1.34. The molecule has 28 heavy (non-hydrogen) atoms. The quantitative estimate of drug-likeness (QED) is 0.735. The average molecular weight is 391 g/mol. The van der Waals surface area contributed by atoms with Crippen LogP contribution in [-0.4, -0.2) is 79.7 Å². The highest BCUT2D eigenvalue weighted by molar-refractivity contribution is 5.43. The van der Waals surface area contributed by atoms with Crippen molar-refractivity contribution >= 4 is 0 Å². The van der Waals surface area contributed by atoms with Crippen LogP contribution in [0.1, 0.15) is 37.7 Å². The summed E-state index contributed by atoms with van der Waals surface area (Å²) in [6.45, 7) is 7.17. The van der Waals surface area contributed by atoms with Crippen molar-refractivity contribution in [2.24, 2.45) is 0 Å². The molecule has 1 N–H and O–H groups in total. The van der Waals surface area contributed by atoms with Crippen LogP contribution < -0.4 is 9.47 Å². The number of rotatable bonds is 8. The van der Waals surface area contributed by atoms with Gasteiger partial charge in [-0.15, -0.1) is 0 Å². The number of nitrogens with zero attached hydrogens (tertiary/aromatic N) is 2. The fraction of sp³-hybridized carbons (Fsp3) is 0.727. The molecule has 6 nitrogen and oxygen atoms in total. The van der Waals surface area contributed by atoms with E-state index in [-0.39, 0.29) is 5.60 Å². The Balaban J connectivity index is 1.27. The Morgan fingerprint density at radius 1 is 1.07 bits per heavy atom. The Morgan fingerprint density at radius 2 is 1.82 bits per heavy atom. The lowest BCUT2D eigenvalue weighted by molar-refractivity contribution is -0.173. The number of methoxy groups -OCH3 is 1. The summed E-state index contributed by atoms with van der Waals surface area (Å²) in [6.07, 6.45) is 5.49. The van der Waals surface area contributed by atoms with E-state index in [1.807, 2.05) is 6.07 Å². The van der Waals surface area contributed by atoms with Crippen molar-refractivity contribution in [3.8, 4) is 11.5 Å². The number of hydrogen-bond donors (Lipinski definition) is 1. The number of likely N-dealkylation sites (tertiary alicyclic amines) is 2. The van der Waals surface area contributed by atoms with E-state index >= 15 is 0 Å². The van der Waals surface area contributed by atoms with Gasteiger partial charge in [0.1, 0.15) is 12.7 Å². The maximum atomic E-state index is 10.2. The molecule has 1 aromatic rings. The molecular formula is C22H34N2O4. The number of hydrogen-bond acceptors (Lipinski definition) is 6. The van der Waals surface area contributed by atoms with Gasteiger partial charge in [-0.05, 0) is 62.9 Å². The number of aliphatic hydroxyl groups excluding tert-OH is 1. The lowest BCUT2D eigenvalue weighted by atomic mass is 9.84. The van der Waals surface area contributed by atoms with Crippen LogP contribution in [0.3, 0.4) is 0 Å². The van der Waals surface area contributed by atoms with E-state index in [1.54, 1.807) is 7.11 Å². The molecule has 1 atom stereocenters. The average Bonchev–Trinajstić information content (AvgIpc) is 3.19. The van der Waals surface area contributed by atoms with E-state index in [9.17, 15) is 5.11 Å². The highest BCUT2D eigenvalue weighted by Gasteiger charge is 2.40. The van der Waals surface area contributed by atoms with Crippen LogP contribution >= 0.6 is 0 Å². The first-order valence-electron chi connectivity index (χ1n) is 10.7. The number of aliphatic hydroxyl groups is 1. The third kappa shape index (κ3) is 4.79. The minimum absolute atomic E-state index is 0.196. The summed E-state index contributed by atoms with van der Waals surface area (Å²) in [5.74, 6) is 1.44. The zero-order valence-corrected chi connectivity index (χ0v) is 17.1. The van der Waals surface area contributed by atoms with Gasteiger partial charge in [0.15, 0.2) is 11.5 Å². The largest absolute Gasteiger partial charge is 0.493 e. The van der Waals surface area contributed by atoms with E-state index in [4.69, 9.17) is 14.2 Å². The second-order valence-electron chi connectivity index (χ2n) is 8.52. The van der Waals surface area contributed by atoms with Crippen molar-refractivity contribution in [1.82, 2.24) is 9.80 Å². The molecule has 0 saturated carbocycles. The molecule has 3 fully saturated rings. The van der Waals surface area contributed by atoms with Gasteiger partial charge in [-0.1, -0.05) is 6.07 Å². The second kappa shape index (κ2) is 8.99. The highest BCUT2D eigenvalue weighted by atomic mass is 16.5. The maximum Gasteiger partial charge on any atom is 0.161 e. The van der Waals surface area contributed by atoms with Crippen molar-refractivity contribution < 1.29 is 19.3 Å². The van der Waals surface area contributed by atoms with E-state index < -0.39 is 6.10 Å². The fourth-order valence-corrected chi connectivity index (χ4v) is 4.59. The van der Waals surface area contributed by atoms with Crippen molar-refractivity contribution in [1.29, 1.82) is 0 Å². The van der Waals surface area contributed by atoms with Crippen molar-refractivity contribution in [3.05, 3.63) is 23.8 Å². The lowest BCUT2D eigenvalue weighted by Crippen LogP contribution is -2.52. The molecule has 1 aromatic carbocycles. The molecule has 3 saturated heterocycles. The van der Waals surface area contributed by atoms with Gasteiger partial charge in [-0.3, -0.25) is 4.90 Å². The molecule has 4 rings (SSSR count). The predicted octanol–water partition coefficient (Wildman–Crippen LogP) is 2.29. The van der Waals surface area contributed by atoms with Gasteiger partial charge in [-0.2, -0.15) is 0 Å². The minimum Gasteiger partial charge on any atom is -0.493 e. The lowest BCUT2D eigenvalue weighted by Gasteiger charge is -2.47. The number of benzene rings is 1. The zero-order valence-electron chi connectivity index (χ0n) is 17.1. The Morgan fingerprint density at radius 3 is 2.46 bits per heavy atom. The van der Waals surface area contributed by atoms with Gasteiger partial charge in [0, 0.05) is 26.2 Å².